The largest absolute Gasteiger partial charge is 0.482 e. The van der Waals surface area contributed by atoms with Crippen molar-refractivity contribution in [2.75, 3.05) is 4.90 Å². The molecule has 0 aliphatic rings. The first-order valence-corrected chi connectivity index (χ1v) is 9.58. The quantitative estimate of drug-likeness (QED) is 0.259. The molecule has 0 aromatic heterocycles. The maximum atomic E-state index is 11.6. The lowest BCUT2D eigenvalue weighted by Gasteiger charge is -2.25. The van der Waals surface area contributed by atoms with Gasteiger partial charge >= 0.3 is 5.69 Å². The van der Waals surface area contributed by atoms with Crippen LogP contribution in [0.25, 0.3) is 0 Å². The molecule has 0 atom stereocenters. The number of ether oxygens (including phenoxy) is 1. The highest BCUT2D eigenvalue weighted by Crippen LogP contribution is 2.39. The molecular weight excluding hydrogens is 376 g/mol. The van der Waals surface area contributed by atoms with Crippen molar-refractivity contribution in [3.63, 3.8) is 0 Å². The molecule has 0 N–H and O–H groups in total. The molecule has 148 valence electrons. The minimum absolute atomic E-state index is 0.0595. The van der Waals surface area contributed by atoms with Crippen molar-refractivity contribution in [1.29, 1.82) is 0 Å². The van der Waals surface area contributed by atoms with E-state index in [4.69, 9.17) is 4.74 Å². The van der Waals surface area contributed by atoms with Gasteiger partial charge in [-0.1, -0.05) is 66.7 Å². The Morgan fingerprint density at radius 1 is 0.700 bits per heavy atom. The summed E-state index contributed by atoms with van der Waals surface area (Å²) in [5.74, 6) is 0.234. The fourth-order valence-corrected chi connectivity index (χ4v) is 3.25. The van der Waals surface area contributed by atoms with Gasteiger partial charge in [-0.15, -0.1) is 0 Å². The minimum Gasteiger partial charge on any atom is -0.482 e. The minimum atomic E-state index is -0.417. The van der Waals surface area contributed by atoms with E-state index in [0.717, 1.165) is 22.6 Å². The molecule has 0 bridgehead atoms. The van der Waals surface area contributed by atoms with E-state index in [9.17, 15) is 10.1 Å². The topological polar surface area (TPSA) is 55.6 Å². The molecule has 0 aliphatic carbocycles. The SMILES string of the molecule is O=[N+]([O-])c1ccc(N(c2ccccc2)c2ccccc2)cc1OCc1ccccc1. The molecule has 5 heteroatoms. The Morgan fingerprint density at radius 3 is 1.77 bits per heavy atom. The maximum absolute atomic E-state index is 11.6. The Kier molecular flexibility index (Phi) is 5.71. The molecule has 0 unspecified atom stereocenters. The molecule has 0 radical (unpaired) electrons. The first-order valence-electron chi connectivity index (χ1n) is 9.58. The zero-order valence-electron chi connectivity index (χ0n) is 16.2. The van der Waals surface area contributed by atoms with Crippen LogP contribution in [0, 0.1) is 10.1 Å². The monoisotopic (exact) mass is 396 g/mol. The molecule has 0 heterocycles. The van der Waals surface area contributed by atoms with Crippen LogP contribution >= 0.6 is 0 Å². The number of hydrogen-bond acceptors (Lipinski definition) is 4. The number of benzene rings is 4. The Morgan fingerprint density at radius 2 is 1.23 bits per heavy atom. The second kappa shape index (κ2) is 8.92. The van der Waals surface area contributed by atoms with Crippen LogP contribution in [-0.4, -0.2) is 4.92 Å². The van der Waals surface area contributed by atoms with E-state index in [0.29, 0.717) is 0 Å². The summed E-state index contributed by atoms with van der Waals surface area (Å²) >= 11 is 0. The van der Waals surface area contributed by atoms with Crippen molar-refractivity contribution in [1.82, 2.24) is 0 Å². The number of hydrogen-bond donors (Lipinski definition) is 0. The number of rotatable bonds is 7. The average molecular weight is 396 g/mol. The molecule has 0 fully saturated rings. The molecular formula is C25H20N2O3. The van der Waals surface area contributed by atoms with Gasteiger partial charge in [0.25, 0.3) is 0 Å². The van der Waals surface area contributed by atoms with Gasteiger partial charge in [-0.25, -0.2) is 0 Å². The van der Waals surface area contributed by atoms with Gasteiger partial charge in [0.2, 0.25) is 0 Å². The normalized spacial score (nSPS) is 10.4. The lowest BCUT2D eigenvalue weighted by Crippen LogP contribution is -2.10. The highest BCUT2D eigenvalue weighted by atomic mass is 16.6. The van der Waals surface area contributed by atoms with Gasteiger partial charge in [0, 0.05) is 23.5 Å². The zero-order valence-corrected chi connectivity index (χ0v) is 16.2. The Labute approximate surface area is 174 Å². The van der Waals surface area contributed by atoms with Gasteiger partial charge in [0.15, 0.2) is 5.75 Å². The van der Waals surface area contributed by atoms with Crippen LogP contribution in [0.3, 0.4) is 0 Å². The van der Waals surface area contributed by atoms with E-state index in [1.54, 1.807) is 12.1 Å². The first kappa shape index (κ1) is 19.2. The summed E-state index contributed by atoms with van der Waals surface area (Å²) in [5, 5.41) is 11.6. The van der Waals surface area contributed by atoms with Crippen molar-refractivity contribution in [2.24, 2.45) is 0 Å². The predicted molar refractivity (Wildman–Crippen MR) is 119 cm³/mol. The highest BCUT2D eigenvalue weighted by Gasteiger charge is 2.20. The van der Waals surface area contributed by atoms with Crippen LogP contribution in [0.15, 0.2) is 109 Å². The number of nitrogens with zero attached hydrogens (tertiary/aromatic N) is 2. The van der Waals surface area contributed by atoms with Gasteiger partial charge in [-0.3, -0.25) is 10.1 Å². The van der Waals surface area contributed by atoms with E-state index in [1.165, 1.54) is 6.07 Å². The number of anilines is 3. The van der Waals surface area contributed by atoms with Crippen LogP contribution in [0.4, 0.5) is 22.7 Å². The molecule has 0 spiro atoms. The molecule has 0 aliphatic heterocycles. The van der Waals surface area contributed by atoms with Gasteiger partial charge in [0.05, 0.1) is 10.6 Å². The van der Waals surface area contributed by atoms with Crippen LogP contribution in [0.5, 0.6) is 5.75 Å². The lowest BCUT2D eigenvalue weighted by molar-refractivity contribution is -0.385. The summed E-state index contributed by atoms with van der Waals surface area (Å²) in [5.41, 5.74) is 3.56. The van der Waals surface area contributed by atoms with Gasteiger partial charge in [-0.2, -0.15) is 0 Å². The summed E-state index contributed by atoms with van der Waals surface area (Å²) in [4.78, 5) is 13.2. The van der Waals surface area contributed by atoms with E-state index >= 15 is 0 Å². The molecule has 0 amide bonds. The smallest absolute Gasteiger partial charge is 0.311 e. The zero-order chi connectivity index (χ0) is 20.8. The van der Waals surface area contributed by atoms with Gasteiger partial charge < -0.3 is 9.64 Å². The third-order valence-corrected chi connectivity index (χ3v) is 4.66. The summed E-state index contributed by atoms with van der Waals surface area (Å²) in [7, 11) is 0. The maximum Gasteiger partial charge on any atom is 0.311 e. The second-order valence-electron chi connectivity index (χ2n) is 6.69. The van der Waals surface area contributed by atoms with Crippen LogP contribution < -0.4 is 9.64 Å². The molecule has 30 heavy (non-hydrogen) atoms. The number of nitro benzene ring substituents is 1. The molecule has 4 aromatic rings. The third kappa shape index (κ3) is 4.31. The van der Waals surface area contributed by atoms with E-state index < -0.39 is 4.92 Å². The summed E-state index contributed by atoms with van der Waals surface area (Å²) in [6.07, 6.45) is 0. The van der Waals surface area contributed by atoms with Crippen LogP contribution in [0.2, 0.25) is 0 Å². The van der Waals surface area contributed by atoms with Crippen molar-refractivity contribution < 1.29 is 9.66 Å². The molecule has 0 saturated carbocycles. The summed E-state index contributed by atoms with van der Waals surface area (Å²) in [6, 6.07) is 34.3. The fraction of sp³-hybridized carbons (Fsp3) is 0.0400. The van der Waals surface area contributed by atoms with Gasteiger partial charge in [-0.05, 0) is 35.9 Å². The van der Waals surface area contributed by atoms with E-state index in [-0.39, 0.29) is 18.0 Å². The lowest BCUT2D eigenvalue weighted by atomic mass is 10.1. The molecule has 5 nitrogen and oxygen atoms in total. The Hall–Kier alpha value is -4.12. The Bertz CT molecular complexity index is 1080. The fourth-order valence-electron chi connectivity index (χ4n) is 3.25. The summed E-state index contributed by atoms with van der Waals surface area (Å²) in [6.45, 7) is 0.252. The average Bonchev–Trinajstić information content (AvgIpc) is 2.80. The molecule has 0 saturated heterocycles. The van der Waals surface area contributed by atoms with Crippen molar-refractivity contribution >= 4 is 22.7 Å². The highest BCUT2D eigenvalue weighted by molar-refractivity contribution is 5.78. The number of para-hydroxylation sites is 2. The second-order valence-corrected chi connectivity index (χ2v) is 6.69. The van der Waals surface area contributed by atoms with Crippen LogP contribution in [-0.2, 0) is 6.61 Å². The standard InChI is InChI=1S/C25H20N2O3/c28-27(29)24-17-16-23(18-25(24)30-19-20-10-4-1-5-11-20)26(21-12-6-2-7-13-21)22-14-8-3-9-15-22/h1-18H,19H2. The van der Waals surface area contributed by atoms with E-state index in [2.05, 4.69) is 0 Å². The first-order chi connectivity index (χ1) is 14.7. The van der Waals surface area contributed by atoms with Gasteiger partial charge in [0.1, 0.15) is 6.61 Å². The van der Waals surface area contributed by atoms with Crippen molar-refractivity contribution in [2.45, 2.75) is 6.61 Å². The molecule has 4 rings (SSSR count). The third-order valence-electron chi connectivity index (χ3n) is 4.66. The predicted octanol–water partition coefficient (Wildman–Crippen LogP) is 6.64. The van der Waals surface area contributed by atoms with Crippen LogP contribution in [0.1, 0.15) is 5.56 Å². The Balaban J connectivity index is 1.75. The summed E-state index contributed by atoms with van der Waals surface area (Å²) < 4.78 is 5.88. The van der Waals surface area contributed by atoms with Crippen molar-refractivity contribution in [3.8, 4) is 5.75 Å². The number of nitro groups is 1. The van der Waals surface area contributed by atoms with Crippen molar-refractivity contribution in [3.05, 3.63) is 125 Å². The molecule has 4 aromatic carbocycles. The van der Waals surface area contributed by atoms with E-state index in [1.807, 2.05) is 95.9 Å².